The van der Waals surface area contributed by atoms with Crippen molar-refractivity contribution < 1.29 is 17.1 Å². The Balaban J connectivity index is 0.000000678. The van der Waals surface area contributed by atoms with Crippen LogP contribution in [0.15, 0.2) is 103 Å². The third kappa shape index (κ3) is 9.68. The van der Waals surface area contributed by atoms with Crippen molar-refractivity contribution in [3.63, 3.8) is 0 Å². The van der Waals surface area contributed by atoms with Crippen LogP contribution in [0, 0.1) is 0 Å². The molecule has 0 nitrogen and oxygen atoms in total. The van der Waals surface area contributed by atoms with E-state index in [-0.39, 0.29) is 17.1 Å². The summed E-state index contributed by atoms with van der Waals surface area (Å²) in [5, 5.41) is 6.74. The quantitative estimate of drug-likeness (QED) is 0.124. The van der Waals surface area contributed by atoms with Crippen molar-refractivity contribution in [3.05, 3.63) is 109 Å². The molecule has 0 heterocycles. The van der Waals surface area contributed by atoms with E-state index < -0.39 is 7.92 Å². The molecule has 0 N–H and O–H groups in total. The standard InChI is InChI=1S/C27H36P3.C5H5.Fe/c1-20(30(21-14-10-8-11-15-21)22-16-12-9-13-17-22)25-23(28-26(2,3)4)18-19-24(25)29-27(5,6)7;1-2-4-5-3-1;/h8-20,28-29H,1-7H3;1-5H;/q-1;-5;. The van der Waals surface area contributed by atoms with Crippen molar-refractivity contribution in [1.82, 2.24) is 0 Å². The molecule has 0 saturated heterocycles. The minimum absolute atomic E-state index is 0. The molecule has 198 valence electrons. The summed E-state index contributed by atoms with van der Waals surface area (Å²) in [7, 11) is 1.20. The Morgan fingerprint density at radius 2 is 0.944 bits per heavy atom. The molecule has 4 aromatic carbocycles. The van der Waals surface area contributed by atoms with Crippen LogP contribution < -0.4 is 21.2 Å². The van der Waals surface area contributed by atoms with E-state index >= 15 is 0 Å². The van der Waals surface area contributed by atoms with Crippen molar-refractivity contribution in [1.29, 1.82) is 0 Å². The summed E-state index contributed by atoms with van der Waals surface area (Å²) >= 11 is 0. The zero-order valence-corrected chi connectivity index (χ0v) is 26.7. The van der Waals surface area contributed by atoms with Gasteiger partial charge in [-0.15, -0.1) is 33.3 Å². The van der Waals surface area contributed by atoms with Crippen LogP contribution in [-0.4, -0.2) is 10.3 Å². The third-order valence-corrected chi connectivity index (χ3v) is 11.1. The average Bonchev–Trinajstić information content (AvgIpc) is 3.47. The third-order valence-electron chi connectivity index (χ3n) is 5.45. The summed E-state index contributed by atoms with van der Waals surface area (Å²) in [6, 6.07) is 37.2. The smallest absolute Gasteiger partial charge is 0 e. The Labute approximate surface area is 235 Å². The summed E-state index contributed by atoms with van der Waals surface area (Å²) < 4.78 is 0. The summed E-state index contributed by atoms with van der Waals surface area (Å²) in [4.78, 5) is 0. The number of benzene rings is 2. The molecule has 36 heavy (non-hydrogen) atoms. The van der Waals surface area contributed by atoms with Crippen LogP contribution in [0.25, 0.3) is 0 Å². The molecular weight excluding hydrogens is 533 g/mol. The second-order valence-corrected chi connectivity index (χ2v) is 18.1. The van der Waals surface area contributed by atoms with Gasteiger partial charge >= 0.3 is 0 Å². The average molecular weight is 574 g/mol. The molecule has 4 aromatic rings. The molecule has 0 aliphatic rings. The van der Waals surface area contributed by atoms with Gasteiger partial charge in [-0.2, -0.15) is 0 Å². The van der Waals surface area contributed by atoms with Crippen molar-refractivity contribution in [2.45, 2.75) is 64.4 Å². The zero-order valence-electron chi connectivity index (χ0n) is 22.7. The van der Waals surface area contributed by atoms with Crippen LogP contribution in [0.1, 0.15) is 59.7 Å². The minimum Gasteiger partial charge on any atom is -0.748 e. The van der Waals surface area contributed by atoms with Crippen molar-refractivity contribution in [3.8, 4) is 0 Å². The predicted molar refractivity (Wildman–Crippen MR) is 167 cm³/mol. The van der Waals surface area contributed by atoms with Gasteiger partial charge in [0.15, 0.2) is 0 Å². The second kappa shape index (κ2) is 14.2. The first-order valence-electron chi connectivity index (χ1n) is 12.5. The Morgan fingerprint density at radius 3 is 1.25 bits per heavy atom. The van der Waals surface area contributed by atoms with Crippen LogP contribution in [-0.2, 0) is 17.1 Å². The van der Waals surface area contributed by atoms with E-state index in [0.717, 1.165) is 17.2 Å². The van der Waals surface area contributed by atoms with Crippen molar-refractivity contribution in [2.24, 2.45) is 0 Å². The summed E-state index contributed by atoms with van der Waals surface area (Å²) in [6.45, 7) is 16.7. The molecule has 0 spiro atoms. The SMILES string of the molecule is CC([c-]1c(PC(C)(C)C)ccc1PC(C)(C)C)P(c1ccccc1)c1ccccc1.[Fe].[cH-]1[cH-][cH-][cH-][cH-]1. The first-order chi connectivity index (χ1) is 16.6. The fourth-order valence-electron chi connectivity index (χ4n) is 4.19. The molecule has 0 fully saturated rings. The van der Waals surface area contributed by atoms with Gasteiger partial charge in [-0.25, -0.2) is 12.1 Å². The summed E-state index contributed by atoms with van der Waals surface area (Å²) in [5.74, 6) is 0. The van der Waals surface area contributed by atoms with E-state index in [0.29, 0.717) is 16.0 Å². The van der Waals surface area contributed by atoms with Crippen LogP contribution in [0.3, 0.4) is 0 Å². The Kier molecular flexibility index (Phi) is 12.3. The first-order valence-corrected chi connectivity index (χ1v) is 15.9. The van der Waals surface area contributed by atoms with Gasteiger partial charge < -0.3 is 30.3 Å². The van der Waals surface area contributed by atoms with E-state index in [1.54, 1.807) is 16.2 Å². The maximum absolute atomic E-state index is 2.48. The topological polar surface area (TPSA) is 0 Å². The van der Waals surface area contributed by atoms with Crippen LogP contribution in [0.5, 0.6) is 0 Å². The van der Waals surface area contributed by atoms with Gasteiger partial charge in [0.1, 0.15) is 0 Å². The van der Waals surface area contributed by atoms with E-state index in [2.05, 4.69) is 121 Å². The Bertz CT molecular complexity index is 1030. The van der Waals surface area contributed by atoms with Gasteiger partial charge in [0.2, 0.25) is 0 Å². The maximum Gasteiger partial charge on any atom is 0 e. The molecule has 3 unspecified atom stereocenters. The molecule has 0 bridgehead atoms. The zero-order chi connectivity index (χ0) is 25.5. The van der Waals surface area contributed by atoms with E-state index in [4.69, 9.17) is 0 Å². The fourth-order valence-corrected chi connectivity index (χ4v) is 10.2. The van der Waals surface area contributed by atoms with Gasteiger partial charge in [0, 0.05) is 17.1 Å². The van der Waals surface area contributed by atoms with Gasteiger partial charge in [-0.3, -0.25) is 0 Å². The predicted octanol–water partition coefficient (Wildman–Crippen LogP) is 8.21. The van der Waals surface area contributed by atoms with Crippen molar-refractivity contribution in [2.75, 3.05) is 0 Å². The van der Waals surface area contributed by atoms with Gasteiger partial charge in [-0.1, -0.05) is 109 Å². The van der Waals surface area contributed by atoms with E-state index in [1.165, 1.54) is 10.6 Å². The summed E-state index contributed by atoms with van der Waals surface area (Å²) in [6.07, 6.45) is 0. The number of rotatable bonds is 6. The Hall–Kier alpha value is -1.05. The maximum atomic E-state index is 2.48. The number of hydrogen-bond acceptors (Lipinski definition) is 0. The number of hydrogen-bond donors (Lipinski definition) is 0. The van der Waals surface area contributed by atoms with E-state index in [1.807, 2.05) is 30.3 Å². The molecule has 0 aliphatic carbocycles. The monoisotopic (exact) mass is 574 g/mol. The molecule has 4 heteroatoms. The minimum atomic E-state index is -0.469. The van der Waals surface area contributed by atoms with Crippen LogP contribution in [0.4, 0.5) is 0 Å². The molecule has 0 saturated carbocycles. The molecule has 0 aromatic heterocycles. The normalized spacial score (nSPS) is 13.1. The second-order valence-electron chi connectivity index (χ2n) is 11.0. The van der Waals surface area contributed by atoms with Crippen molar-refractivity contribution >= 4 is 46.3 Å². The largest absolute Gasteiger partial charge is 0.748 e. The molecule has 3 atom stereocenters. The molecule has 4 rings (SSSR count). The fraction of sp³-hybridized carbons (Fsp3) is 0.312. The van der Waals surface area contributed by atoms with Gasteiger partial charge in [-0.05, 0) is 34.5 Å². The van der Waals surface area contributed by atoms with Gasteiger partial charge in [0.05, 0.1) is 0 Å². The van der Waals surface area contributed by atoms with E-state index in [9.17, 15) is 0 Å². The molecule has 0 aliphatic heterocycles. The molecular formula is C32H41FeP3-6. The Morgan fingerprint density at radius 1 is 0.611 bits per heavy atom. The molecule has 0 radical (unpaired) electrons. The van der Waals surface area contributed by atoms with Crippen LogP contribution >= 0.6 is 25.1 Å². The van der Waals surface area contributed by atoms with Gasteiger partial charge in [0.25, 0.3) is 0 Å². The first kappa shape index (κ1) is 31.2. The summed E-state index contributed by atoms with van der Waals surface area (Å²) in [5.41, 5.74) is 2.13. The molecule has 0 amide bonds. The van der Waals surface area contributed by atoms with Crippen LogP contribution in [0.2, 0.25) is 0 Å².